The van der Waals surface area contributed by atoms with Gasteiger partial charge in [0.15, 0.2) is 0 Å². The number of hydrogen-bond donors (Lipinski definition) is 0. The van der Waals surface area contributed by atoms with Crippen molar-refractivity contribution in [3.63, 3.8) is 0 Å². The van der Waals surface area contributed by atoms with Crippen LogP contribution in [0.5, 0.6) is 0 Å². The molecule has 0 amide bonds. The highest BCUT2D eigenvalue weighted by Gasteiger charge is 2.41. The summed E-state index contributed by atoms with van der Waals surface area (Å²) in [4.78, 5) is 0. The second kappa shape index (κ2) is 3.90. The van der Waals surface area contributed by atoms with E-state index in [0.29, 0.717) is 11.3 Å². The van der Waals surface area contributed by atoms with Crippen molar-refractivity contribution in [1.82, 2.24) is 0 Å². The fourth-order valence-corrected chi connectivity index (χ4v) is 1.73. The SMILES string of the molecule is CC(C)COCC1(CBr)CC1. The number of hydrogen-bond acceptors (Lipinski definition) is 1. The maximum Gasteiger partial charge on any atom is 0.0530 e. The predicted octanol–water partition coefficient (Wildman–Crippen LogP) is 2.83. The zero-order chi connectivity index (χ0) is 8.32. The van der Waals surface area contributed by atoms with Gasteiger partial charge in [0, 0.05) is 17.4 Å². The van der Waals surface area contributed by atoms with Gasteiger partial charge in [-0.05, 0) is 18.8 Å². The van der Waals surface area contributed by atoms with Gasteiger partial charge in [-0.1, -0.05) is 29.8 Å². The third-order valence-electron chi connectivity index (χ3n) is 2.10. The van der Waals surface area contributed by atoms with Crippen molar-refractivity contribution in [3.8, 4) is 0 Å². The zero-order valence-electron chi connectivity index (χ0n) is 7.40. The van der Waals surface area contributed by atoms with Crippen LogP contribution in [0, 0.1) is 11.3 Å². The van der Waals surface area contributed by atoms with Crippen LogP contribution in [0.25, 0.3) is 0 Å². The van der Waals surface area contributed by atoms with E-state index in [1.807, 2.05) is 0 Å². The minimum atomic E-state index is 0.523. The smallest absolute Gasteiger partial charge is 0.0530 e. The van der Waals surface area contributed by atoms with Crippen LogP contribution in [0.1, 0.15) is 26.7 Å². The lowest BCUT2D eigenvalue weighted by Gasteiger charge is -2.12. The number of halogens is 1. The molecule has 0 aromatic heterocycles. The van der Waals surface area contributed by atoms with Crippen molar-refractivity contribution < 1.29 is 4.74 Å². The molecule has 1 aliphatic rings. The molecule has 1 aliphatic carbocycles. The average Bonchev–Trinajstić information content (AvgIpc) is 2.69. The van der Waals surface area contributed by atoms with E-state index in [0.717, 1.165) is 18.5 Å². The fraction of sp³-hybridized carbons (Fsp3) is 1.00. The summed E-state index contributed by atoms with van der Waals surface area (Å²) in [6, 6.07) is 0. The first-order chi connectivity index (χ1) is 5.18. The second-order valence-corrected chi connectivity index (χ2v) is 4.60. The first-order valence-corrected chi connectivity index (χ1v) is 5.44. The Balaban J connectivity index is 2.03. The van der Waals surface area contributed by atoms with E-state index in [4.69, 9.17) is 4.74 Å². The molecule has 0 aromatic carbocycles. The number of rotatable bonds is 5. The summed E-state index contributed by atoms with van der Waals surface area (Å²) in [5.41, 5.74) is 0.523. The molecule has 11 heavy (non-hydrogen) atoms. The van der Waals surface area contributed by atoms with Gasteiger partial charge in [0.1, 0.15) is 0 Å². The van der Waals surface area contributed by atoms with E-state index in [-0.39, 0.29) is 0 Å². The molecule has 1 saturated carbocycles. The van der Waals surface area contributed by atoms with E-state index in [2.05, 4.69) is 29.8 Å². The minimum Gasteiger partial charge on any atom is -0.381 e. The number of ether oxygens (including phenoxy) is 1. The van der Waals surface area contributed by atoms with Gasteiger partial charge in [-0.15, -0.1) is 0 Å². The standard InChI is InChI=1S/C9H17BrO/c1-8(2)5-11-7-9(6-10)3-4-9/h8H,3-7H2,1-2H3. The highest BCUT2D eigenvalue weighted by atomic mass is 79.9. The molecule has 0 spiro atoms. The maximum absolute atomic E-state index is 5.58. The summed E-state index contributed by atoms with van der Waals surface area (Å²) < 4.78 is 5.58. The Hall–Kier alpha value is 0.440. The molecular weight excluding hydrogens is 204 g/mol. The fourth-order valence-electron chi connectivity index (χ4n) is 1.00. The van der Waals surface area contributed by atoms with Crippen molar-refractivity contribution in [2.75, 3.05) is 18.5 Å². The largest absolute Gasteiger partial charge is 0.381 e. The van der Waals surface area contributed by atoms with Gasteiger partial charge >= 0.3 is 0 Å². The molecule has 0 radical (unpaired) electrons. The van der Waals surface area contributed by atoms with Crippen LogP contribution in [-0.4, -0.2) is 18.5 Å². The highest BCUT2D eigenvalue weighted by Crippen LogP contribution is 2.47. The number of alkyl halides is 1. The van der Waals surface area contributed by atoms with Crippen molar-refractivity contribution in [3.05, 3.63) is 0 Å². The molecule has 0 aliphatic heterocycles. The summed E-state index contributed by atoms with van der Waals surface area (Å²) in [5, 5.41) is 1.11. The van der Waals surface area contributed by atoms with Gasteiger partial charge in [-0.3, -0.25) is 0 Å². The molecule has 0 saturated heterocycles. The Morgan fingerprint density at radius 3 is 2.45 bits per heavy atom. The van der Waals surface area contributed by atoms with E-state index in [1.165, 1.54) is 12.8 Å². The minimum absolute atomic E-state index is 0.523. The normalized spacial score (nSPS) is 20.7. The van der Waals surface area contributed by atoms with Gasteiger partial charge in [-0.2, -0.15) is 0 Å². The Morgan fingerprint density at radius 2 is 2.09 bits per heavy atom. The lowest BCUT2D eigenvalue weighted by Crippen LogP contribution is -2.14. The molecule has 1 fully saturated rings. The Bertz CT molecular complexity index is 119. The predicted molar refractivity (Wildman–Crippen MR) is 51.1 cm³/mol. The zero-order valence-corrected chi connectivity index (χ0v) is 8.99. The lowest BCUT2D eigenvalue weighted by atomic mass is 10.2. The molecule has 0 unspecified atom stereocenters. The third kappa shape index (κ3) is 3.12. The molecule has 0 heterocycles. The van der Waals surface area contributed by atoms with Crippen LogP contribution in [0.3, 0.4) is 0 Å². The van der Waals surface area contributed by atoms with Gasteiger partial charge in [0.05, 0.1) is 6.61 Å². The molecule has 0 aromatic rings. The topological polar surface area (TPSA) is 9.23 Å². The maximum atomic E-state index is 5.58. The van der Waals surface area contributed by atoms with Crippen molar-refractivity contribution in [2.45, 2.75) is 26.7 Å². The molecule has 0 bridgehead atoms. The summed E-state index contributed by atoms with van der Waals surface area (Å²) in [6.45, 7) is 6.24. The van der Waals surface area contributed by atoms with Gasteiger partial charge in [0.25, 0.3) is 0 Å². The molecule has 1 nitrogen and oxygen atoms in total. The Labute approximate surface area is 77.6 Å². The molecule has 1 rings (SSSR count). The van der Waals surface area contributed by atoms with Crippen LogP contribution in [0.15, 0.2) is 0 Å². The van der Waals surface area contributed by atoms with E-state index in [9.17, 15) is 0 Å². The molecular formula is C9H17BrO. The van der Waals surface area contributed by atoms with Crippen LogP contribution < -0.4 is 0 Å². The first-order valence-electron chi connectivity index (χ1n) is 4.32. The second-order valence-electron chi connectivity index (χ2n) is 4.04. The van der Waals surface area contributed by atoms with Crippen LogP contribution in [0.4, 0.5) is 0 Å². The molecule has 2 heteroatoms. The molecule has 0 atom stereocenters. The Kier molecular flexibility index (Phi) is 3.38. The molecule has 66 valence electrons. The average molecular weight is 221 g/mol. The van der Waals surface area contributed by atoms with E-state index < -0.39 is 0 Å². The Morgan fingerprint density at radius 1 is 1.45 bits per heavy atom. The van der Waals surface area contributed by atoms with E-state index >= 15 is 0 Å². The van der Waals surface area contributed by atoms with Crippen molar-refractivity contribution in [2.24, 2.45) is 11.3 Å². The quantitative estimate of drug-likeness (QED) is 0.648. The highest BCUT2D eigenvalue weighted by molar-refractivity contribution is 9.09. The summed E-state index contributed by atoms with van der Waals surface area (Å²) >= 11 is 3.52. The summed E-state index contributed by atoms with van der Waals surface area (Å²) in [7, 11) is 0. The van der Waals surface area contributed by atoms with E-state index in [1.54, 1.807) is 0 Å². The monoisotopic (exact) mass is 220 g/mol. The van der Waals surface area contributed by atoms with Gasteiger partial charge in [0.2, 0.25) is 0 Å². The van der Waals surface area contributed by atoms with Crippen molar-refractivity contribution in [1.29, 1.82) is 0 Å². The summed E-state index contributed by atoms with van der Waals surface area (Å²) in [6.07, 6.45) is 2.69. The van der Waals surface area contributed by atoms with Crippen LogP contribution in [-0.2, 0) is 4.74 Å². The lowest BCUT2D eigenvalue weighted by molar-refractivity contribution is 0.0786. The van der Waals surface area contributed by atoms with Crippen LogP contribution >= 0.6 is 15.9 Å². The van der Waals surface area contributed by atoms with Crippen LogP contribution in [0.2, 0.25) is 0 Å². The third-order valence-corrected chi connectivity index (χ3v) is 3.29. The summed E-state index contributed by atoms with van der Waals surface area (Å²) in [5.74, 6) is 0.668. The molecule has 0 N–H and O–H groups in total. The van der Waals surface area contributed by atoms with Crippen molar-refractivity contribution >= 4 is 15.9 Å². The first kappa shape index (κ1) is 9.53. The van der Waals surface area contributed by atoms with Gasteiger partial charge < -0.3 is 4.74 Å². The van der Waals surface area contributed by atoms with Gasteiger partial charge in [-0.25, -0.2) is 0 Å².